The highest BCUT2D eigenvalue weighted by Crippen LogP contribution is 2.00. The molecule has 0 saturated heterocycles. The molecule has 0 aliphatic carbocycles. The Kier molecular flexibility index (Phi) is 4.54. The second kappa shape index (κ2) is 4.91. The number of nitrogens with zero attached hydrogens (tertiary/aromatic N) is 1. The van der Waals surface area contributed by atoms with E-state index in [1.54, 1.807) is 14.2 Å². The summed E-state index contributed by atoms with van der Waals surface area (Å²) >= 11 is 0. The van der Waals surface area contributed by atoms with E-state index in [1.807, 2.05) is 6.92 Å². The predicted octanol–water partition coefficient (Wildman–Crippen LogP) is 1.01. The molecule has 64 valence electrons. The lowest BCUT2D eigenvalue weighted by molar-refractivity contribution is -0.129. The van der Waals surface area contributed by atoms with Crippen LogP contribution in [0.15, 0.2) is 12.2 Å². The van der Waals surface area contributed by atoms with Crippen molar-refractivity contribution in [3.8, 4) is 0 Å². The largest absolute Gasteiger partial charge is 0.364 e. The van der Waals surface area contributed by atoms with Crippen LogP contribution in [-0.2, 0) is 9.53 Å². The highest BCUT2D eigenvalue weighted by atomic mass is 16.5. The average molecular weight is 157 g/mol. The van der Waals surface area contributed by atoms with E-state index in [0.717, 1.165) is 0 Å². The van der Waals surface area contributed by atoms with Gasteiger partial charge in [0.1, 0.15) is 6.73 Å². The lowest BCUT2D eigenvalue weighted by Gasteiger charge is -2.16. The molecule has 11 heavy (non-hydrogen) atoms. The Morgan fingerprint density at radius 1 is 1.64 bits per heavy atom. The summed E-state index contributed by atoms with van der Waals surface area (Å²) in [6.45, 7) is 5.85. The highest BCUT2D eigenvalue weighted by Gasteiger charge is 2.09. The summed E-state index contributed by atoms with van der Waals surface area (Å²) in [5, 5.41) is 0. The summed E-state index contributed by atoms with van der Waals surface area (Å²) < 4.78 is 4.78. The van der Waals surface area contributed by atoms with E-state index in [-0.39, 0.29) is 5.91 Å². The lowest BCUT2D eigenvalue weighted by Crippen LogP contribution is -2.29. The summed E-state index contributed by atoms with van der Waals surface area (Å²) in [5.41, 5.74) is 0.615. The molecule has 1 amide bonds. The number of carbonyl (C=O) groups excluding carboxylic acids is 1. The van der Waals surface area contributed by atoms with Gasteiger partial charge in [0.15, 0.2) is 0 Å². The molecule has 0 aromatic heterocycles. The van der Waals surface area contributed by atoms with Crippen molar-refractivity contribution < 1.29 is 9.53 Å². The monoisotopic (exact) mass is 157 g/mol. The Hall–Kier alpha value is -0.830. The van der Waals surface area contributed by atoms with Crippen molar-refractivity contribution in [2.75, 3.05) is 20.9 Å². The first-order chi connectivity index (χ1) is 5.13. The smallest absolute Gasteiger partial charge is 0.250 e. The molecule has 0 aromatic rings. The van der Waals surface area contributed by atoms with Crippen LogP contribution < -0.4 is 0 Å². The molecule has 0 N–H and O–H groups in total. The standard InChI is InChI=1S/C8H15NO2/c1-5-7(2)8(10)9(3)6-11-4/h2,5-6H2,1,3-4H3. The Labute approximate surface area is 67.6 Å². The van der Waals surface area contributed by atoms with Gasteiger partial charge in [-0.25, -0.2) is 0 Å². The maximum atomic E-state index is 11.2. The first kappa shape index (κ1) is 10.2. The fourth-order valence-corrected chi connectivity index (χ4v) is 0.673. The molecule has 0 bridgehead atoms. The Morgan fingerprint density at radius 3 is 2.55 bits per heavy atom. The van der Waals surface area contributed by atoms with Crippen LogP contribution in [0.4, 0.5) is 0 Å². The van der Waals surface area contributed by atoms with E-state index in [2.05, 4.69) is 6.58 Å². The number of amides is 1. The molecule has 3 nitrogen and oxygen atoms in total. The number of rotatable bonds is 4. The molecule has 0 rings (SSSR count). The van der Waals surface area contributed by atoms with Crippen molar-refractivity contribution in [1.82, 2.24) is 4.90 Å². The number of likely N-dealkylation sites (N-methyl/N-ethyl adjacent to an activating group) is 1. The van der Waals surface area contributed by atoms with Crippen LogP contribution in [0.5, 0.6) is 0 Å². The quantitative estimate of drug-likeness (QED) is 0.450. The van der Waals surface area contributed by atoms with Gasteiger partial charge in [0.2, 0.25) is 0 Å². The van der Waals surface area contributed by atoms with E-state index in [1.165, 1.54) is 4.90 Å². The molecule has 0 aromatic carbocycles. The van der Waals surface area contributed by atoms with Crippen LogP contribution in [0.25, 0.3) is 0 Å². The van der Waals surface area contributed by atoms with Crippen molar-refractivity contribution in [1.29, 1.82) is 0 Å². The molecule has 0 aliphatic rings. The van der Waals surface area contributed by atoms with Crippen LogP contribution in [0.1, 0.15) is 13.3 Å². The molecule has 0 atom stereocenters. The first-order valence-corrected chi connectivity index (χ1v) is 3.55. The summed E-state index contributed by atoms with van der Waals surface area (Å²) in [4.78, 5) is 12.7. The minimum absolute atomic E-state index is 0.0469. The normalized spacial score (nSPS) is 9.36. The first-order valence-electron chi connectivity index (χ1n) is 3.55. The van der Waals surface area contributed by atoms with Crippen LogP contribution in [-0.4, -0.2) is 31.7 Å². The fraction of sp³-hybridized carbons (Fsp3) is 0.625. The Morgan fingerprint density at radius 2 is 2.18 bits per heavy atom. The summed E-state index contributed by atoms with van der Waals surface area (Å²) in [7, 11) is 3.24. The van der Waals surface area contributed by atoms with Gasteiger partial charge in [-0.15, -0.1) is 0 Å². The number of carbonyl (C=O) groups is 1. The van der Waals surface area contributed by atoms with Gasteiger partial charge in [-0.05, 0) is 6.42 Å². The zero-order chi connectivity index (χ0) is 8.85. The van der Waals surface area contributed by atoms with Crippen LogP contribution in [0, 0.1) is 0 Å². The minimum atomic E-state index is -0.0469. The van der Waals surface area contributed by atoms with Crippen LogP contribution >= 0.6 is 0 Å². The maximum Gasteiger partial charge on any atom is 0.250 e. The van der Waals surface area contributed by atoms with Gasteiger partial charge in [0, 0.05) is 19.7 Å². The molecule has 0 radical (unpaired) electrons. The highest BCUT2D eigenvalue weighted by molar-refractivity contribution is 5.92. The topological polar surface area (TPSA) is 29.5 Å². The second-order valence-corrected chi connectivity index (χ2v) is 2.38. The molecule has 0 unspecified atom stereocenters. The van der Waals surface area contributed by atoms with Gasteiger partial charge in [-0.3, -0.25) is 4.79 Å². The van der Waals surface area contributed by atoms with Gasteiger partial charge >= 0.3 is 0 Å². The summed E-state index contributed by atoms with van der Waals surface area (Å²) in [5.74, 6) is -0.0469. The molecule has 0 saturated carbocycles. The van der Waals surface area contributed by atoms with Crippen molar-refractivity contribution in [2.24, 2.45) is 0 Å². The van der Waals surface area contributed by atoms with Crippen molar-refractivity contribution in [2.45, 2.75) is 13.3 Å². The zero-order valence-corrected chi connectivity index (χ0v) is 7.39. The van der Waals surface area contributed by atoms with Gasteiger partial charge in [-0.2, -0.15) is 0 Å². The number of ether oxygens (including phenoxy) is 1. The third-order valence-corrected chi connectivity index (χ3v) is 1.40. The number of hydrogen-bond acceptors (Lipinski definition) is 2. The van der Waals surface area contributed by atoms with E-state index >= 15 is 0 Å². The Balaban J connectivity index is 3.91. The molecule has 3 heteroatoms. The van der Waals surface area contributed by atoms with Crippen LogP contribution in [0.2, 0.25) is 0 Å². The summed E-state index contributed by atoms with van der Waals surface area (Å²) in [6, 6.07) is 0. The molecule has 0 fully saturated rings. The summed E-state index contributed by atoms with van der Waals surface area (Å²) in [6.07, 6.45) is 0.687. The predicted molar refractivity (Wildman–Crippen MR) is 44.1 cm³/mol. The third-order valence-electron chi connectivity index (χ3n) is 1.40. The molecular weight excluding hydrogens is 142 g/mol. The lowest BCUT2D eigenvalue weighted by atomic mass is 10.2. The van der Waals surface area contributed by atoms with E-state index < -0.39 is 0 Å². The molecule has 0 heterocycles. The van der Waals surface area contributed by atoms with E-state index in [0.29, 0.717) is 18.7 Å². The van der Waals surface area contributed by atoms with Crippen LogP contribution in [0.3, 0.4) is 0 Å². The van der Waals surface area contributed by atoms with Crippen molar-refractivity contribution in [3.05, 3.63) is 12.2 Å². The fourth-order valence-electron chi connectivity index (χ4n) is 0.673. The average Bonchev–Trinajstić information content (AvgIpc) is 2.02. The minimum Gasteiger partial charge on any atom is -0.364 e. The maximum absolute atomic E-state index is 11.2. The van der Waals surface area contributed by atoms with Gasteiger partial charge < -0.3 is 9.64 Å². The zero-order valence-electron chi connectivity index (χ0n) is 7.39. The van der Waals surface area contributed by atoms with E-state index in [4.69, 9.17) is 4.74 Å². The number of hydrogen-bond donors (Lipinski definition) is 0. The third kappa shape index (κ3) is 3.18. The van der Waals surface area contributed by atoms with E-state index in [9.17, 15) is 4.79 Å². The van der Waals surface area contributed by atoms with Gasteiger partial charge in [0.05, 0.1) is 0 Å². The molecule has 0 spiro atoms. The van der Waals surface area contributed by atoms with Crippen molar-refractivity contribution >= 4 is 5.91 Å². The molecule has 0 aliphatic heterocycles. The van der Waals surface area contributed by atoms with Gasteiger partial charge in [-0.1, -0.05) is 13.5 Å². The van der Waals surface area contributed by atoms with Crippen molar-refractivity contribution in [3.63, 3.8) is 0 Å². The van der Waals surface area contributed by atoms with Gasteiger partial charge in [0.25, 0.3) is 5.91 Å². The SMILES string of the molecule is C=C(CC)C(=O)N(C)COC. The molecular formula is C8H15NO2. The second-order valence-electron chi connectivity index (χ2n) is 2.38. The Bertz CT molecular complexity index is 154. The number of methoxy groups -OCH3 is 1.